The van der Waals surface area contributed by atoms with E-state index in [0.717, 1.165) is 5.56 Å². The third kappa shape index (κ3) is 4.34. The van der Waals surface area contributed by atoms with Gasteiger partial charge >= 0.3 is 0 Å². The molecule has 3 rings (SSSR count). The van der Waals surface area contributed by atoms with Gasteiger partial charge in [-0.2, -0.15) is 0 Å². The number of nitrogens with zero attached hydrogens (tertiary/aromatic N) is 2. The summed E-state index contributed by atoms with van der Waals surface area (Å²) in [6.07, 6.45) is 1.56. The first-order valence-electron chi connectivity index (χ1n) is 6.77. The summed E-state index contributed by atoms with van der Waals surface area (Å²) in [6, 6.07) is 12.2. The smallest absolute Gasteiger partial charge is 0.185 e. The minimum atomic E-state index is -0.0393. The number of nitrogens with two attached hydrogens (primary N) is 2. The summed E-state index contributed by atoms with van der Waals surface area (Å²) in [5.74, 6) is 0.422. The zero-order valence-corrected chi connectivity index (χ0v) is 14.5. The highest BCUT2D eigenvalue weighted by Crippen LogP contribution is 2.25. The second kappa shape index (κ2) is 8.27. The monoisotopic (exact) mass is 378 g/mol. The molecule has 0 aliphatic carbocycles. The van der Waals surface area contributed by atoms with Crippen molar-refractivity contribution in [2.45, 2.75) is 0 Å². The van der Waals surface area contributed by atoms with E-state index in [4.69, 9.17) is 26.8 Å². The molecule has 25 heavy (non-hydrogen) atoms. The standard InChI is InChI=1S/C16H14N6O.2ClH/c17-15(18)10-3-1-2-9(6-10)12-8-14(23-22-12)13-7-11(16(19)20)4-5-21-13;;/h1-8H,(H3,17,18)(H3,19,20);2*1H. The third-order valence-corrected chi connectivity index (χ3v) is 3.30. The molecule has 0 saturated carbocycles. The normalized spacial score (nSPS) is 9.60. The molecular formula is C16H16Cl2N6O. The van der Waals surface area contributed by atoms with Gasteiger partial charge in [-0.1, -0.05) is 23.4 Å². The van der Waals surface area contributed by atoms with Crippen LogP contribution in [0.2, 0.25) is 0 Å². The van der Waals surface area contributed by atoms with Crippen molar-refractivity contribution in [3.05, 3.63) is 59.8 Å². The Morgan fingerprint density at radius 1 is 0.880 bits per heavy atom. The van der Waals surface area contributed by atoms with Gasteiger partial charge in [0, 0.05) is 29.0 Å². The van der Waals surface area contributed by atoms with Gasteiger partial charge in [-0.3, -0.25) is 15.8 Å². The average molecular weight is 379 g/mol. The van der Waals surface area contributed by atoms with Gasteiger partial charge in [0.15, 0.2) is 5.76 Å². The Kier molecular flexibility index (Phi) is 6.67. The van der Waals surface area contributed by atoms with Crippen molar-refractivity contribution in [1.29, 1.82) is 10.8 Å². The van der Waals surface area contributed by atoms with Gasteiger partial charge in [0.25, 0.3) is 0 Å². The summed E-state index contributed by atoms with van der Waals surface area (Å²) in [5, 5.41) is 19.0. The predicted octanol–water partition coefficient (Wildman–Crippen LogP) is 2.82. The highest BCUT2D eigenvalue weighted by atomic mass is 35.5. The number of aromatic nitrogens is 2. The predicted molar refractivity (Wildman–Crippen MR) is 102 cm³/mol. The number of nitrogen functional groups attached to an aromatic ring is 2. The number of rotatable bonds is 4. The van der Waals surface area contributed by atoms with E-state index in [1.807, 2.05) is 6.07 Å². The second-order valence-corrected chi connectivity index (χ2v) is 4.91. The first-order valence-corrected chi connectivity index (χ1v) is 6.77. The van der Waals surface area contributed by atoms with Crippen LogP contribution >= 0.6 is 24.8 Å². The van der Waals surface area contributed by atoms with Gasteiger partial charge in [-0.05, 0) is 18.2 Å². The molecule has 7 nitrogen and oxygen atoms in total. The average Bonchev–Trinajstić information content (AvgIpc) is 3.05. The third-order valence-electron chi connectivity index (χ3n) is 3.30. The summed E-state index contributed by atoms with van der Waals surface area (Å²) in [7, 11) is 0. The molecule has 0 saturated heterocycles. The largest absolute Gasteiger partial charge is 0.384 e. The minimum absolute atomic E-state index is 0. The summed E-state index contributed by atoms with van der Waals surface area (Å²) < 4.78 is 5.33. The van der Waals surface area contributed by atoms with Crippen LogP contribution in [0.4, 0.5) is 0 Å². The number of pyridine rings is 1. The summed E-state index contributed by atoms with van der Waals surface area (Å²) in [4.78, 5) is 4.20. The Morgan fingerprint density at radius 2 is 1.56 bits per heavy atom. The van der Waals surface area contributed by atoms with Crippen LogP contribution in [0.3, 0.4) is 0 Å². The highest BCUT2D eigenvalue weighted by Gasteiger charge is 2.11. The van der Waals surface area contributed by atoms with Crippen LogP contribution in [0.1, 0.15) is 11.1 Å². The van der Waals surface area contributed by atoms with E-state index in [0.29, 0.717) is 28.3 Å². The second-order valence-electron chi connectivity index (χ2n) is 4.91. The zero-order valence-electron chi connectivity index (χ0n) is 12.9. The maximum absolute atomic E-state index is 7.49. The van der Waals surface area contributed by atoms with Gasteiger partial charge < -0.3 is 16.0 Å². The van der Waals surface area contributed by atoms with E-state index in [1.165, 1.54) is 0 Å². The Hall–Kier alpha value is -2.90. The van der Waals surface area contributed by atoms with Gasteiger partial charge in [0.2, 0.25) is 0 Å². The molecule has 2 heterocycles. The molecule has 0 bridgehead atoms. The highest BCUT2D eigenvalue weighted by molar-refractivity contribution is 5.96. The van der Waals surface area contributed by atoms with Crippen molar-refractivity contribution in [2.24, 2.45) is 11.5 Å². The van der Waals surface area contributed by atoms with E-state index in [-0.39, 0.29) is 36.5 Å². The van der Waals surface area contributed by atoms with Crippen molar-refractivity contribution in [2.75, 3.05) is 0 Å². The number of hydrogen-bond acceptors (Lipinski definition) is 5. The Balaban J connectivity index is 0.00000156. The Bertz CT molecular complexity index is 837. The van der Waals surface area contributed by atoms with Crippen LogP contribution in [0.15, 0.2) is 53.2 Å². The molecule has 6 N–H and O–H groups in total. The number of benzene rings is 1. The Labute approximate surface area is 156 Å². The van der Waals surface area contributed by atoms with E-state index < -0.39 is 0 Å². The molecule has 0 fully saturated rings. The van der Waals surface area contributed by atoms with E-state index >= 15 is 0 Å². The van der Waals surface area contributed by atoms with Crippen LogP contribution in [0.5, 0.6) is 0 Å². The van der Waals surface area contributed by atoms with Crippen molar-refractivity contribution in [3.63, 3.8) is 0 Å². The fraction of sp³-hybridized carbons (Fsp3) is 0. The lowest BCUT2D eigenvalue weighted by Crippen LogP contribution is -2.11. The quantitative estimate of drug-likeness (QED) is 0.408. The van der Waals surface area contributed by atoms with Gasteiger partial charge in [0.1, 0.15) is 23.1 Å². The molecule has 0 amide bonds. The fourth-order valence-corrected chi connectivity index (χ4v) is 2.11. The lowest BCUT2D eigenvalue weighted by atomic mass is 10.1. The summed E-state index contributed by atoms with van der Waals surface area (Å²) >= 11 is 0. The maximum atomic E-state index is 7.49. The molecule has 9 heteroatoms. The first kappa shape index (κ1) is 20.1. The van der Waals surface area contributed by atoms with Gasteiger partial charge in [-0.15, -0.1) is 24.8 Å². The molecule has 3 aromatic rings. The van der Waals surface area contributed by atoms with Crippen LogP contribution < -0.4 is 11.5 Å². The van der Waals surface area contributed by atoms with Crippen LogP contribution in [0, 0.1) is 10.8 Å². The van der Waals surface area contributed by atoms with Crippen LogP contribution in [-0.2, 0) is 0 Å². The number of halogens is 2. The molecule has 0 aliphatic heterocycles. The molecule has 1 aromatic carbocycles. The van der Waals surface area contributed by atoms with E-state index in [9.17, 15) is 0 Å². The van der Waals surface area contributed by atoms with Crippen LogP contribution in [-0.4, -0.2) is 21.8 Å². The maximum Gasteiger partial charge on any atom is 0.185 e. The van der Waals surface area contributed by atoms with Crippen molar-refractivity contribution in [1.82, 2.24) is 10.1 Å². The van der Waals surface area contributed by atoms with E-state index in [2.05, 4.69) is 10.1 Å². The SMILES string of the molecule is Cl.Cl.N=C(N)c1cccc(-c2cc(-c3cc(C(=N)N)ccn3)on2)c1. The number of hydrogen-bond donors (Lipinski definition) is 4. The Morgan fingerprint density at radius 3 is 2.24 bits per heavy atom. The zero-order chi connectivity index (χ0) is 16.4. The summed E-state index contributed by atoms with van der Waals surface area (Å²) in [5.41, 5.74) is 14.1. The number of nitrogens with one attached hydrogen (secondary N) is 2. The molecule has 2 aromatic heterocycles. The minimum Gasteiger partial charge on any atom is -0.384 e. The van der Waals surface area contributed by atoms with Gasteiger partial charge in [0.05, 0.1) is 0 Å². The lowest BCUT2D eigenvalue weighted by molar-refractivity contribution is 0.433. The molecular weight excluding hydrogens is 363 g/mol. The lowest BCUT2D eigenvalue weighted by Gasteiger charge is -2.00. The fourth-order valence-electron chi connectivity index (χ4n) is 2.11. The first-order chi connectivity index (χ1) is 11.0. The van der Waals surface area contributed by atoms with Gasteiger partial charge in [-0.25, -0.2) is 0 Å². The van der Waals surface area contributed by atoms with Crippen LogP contribution in [0.25, 0.3) is 22.7 Å². The van der Waals surface area contributed by atoms with E-state index in [1.54, 1.807) is 42.6 Å². The van der Waals surface area contributed by atoms with Crippen molar-refractivity contribution < 1.29 is 4.52 Å². The summed E-state index contributed by atoms with van der Waals surface area (Å²) in [6.45, 7) is 0. The molecule has 0 radical (unpaired) electrons. The van der Waals surface area contributed by atoms with Crippen molar-refractivity contribution >= 4 is 36.5 Å². The topological polar surface area (TPSA) is 139 Å². The molecule has 0 unspecified atom stereocenters. The van der Waals surface area contributed by atoms with Crippen molar-refractivity contribution in [3.8, 4) is 22.7 Å². The number of amidine groups is 2. The molecule has 0 aliphatic rings. The molecule has 130 valence electrons. The molecule has 0 atom stereocenters. The molecule has 0 spiro atoms.